The van der Waals surface area contributed by atoms with Crippen LogP contribution in [0.3, 0.4) is 0 Å². The van der Waals surface area contributed by atoms with E-state index in [2.05, 4.69) is 10.6 Å². The zero-order valence-electron chi connectivity index (χ0n) is 12.0. The molecule has 2 aliphatic rings. The summed E-state index contributed by atoms with van der Waals surface area (Å²) in [5, 5.41) is 6.26. The van der Waals surface area contributed by atoms with Crippen molar-refractivity contribution < 1.29 is 13.9 Å². The second-order valence-corrected chi connectivity index (χ2v) is 5.79. The lowest BCUT2D eigenvalue weighted by molar-refractivity contribution is -0.135. The Morgan fingerprint density at radius 2 is 2.10 bits per heavy atom. The number of carbonyl (C=O) groups is 1. The van der Waals surface area contributed by atoms with Gasteiger partial charge < -0.3 is 15.4 Å². The molecule has 1 heterocycles. The third-order valence-electron chi connectivity index (χ3n) is 4.37. The first-order valence-electron chi connectivity index (χ1n) is 7.62. The summed E-state index contributed by atoms with van der Waals surface area (Å²) in [6.45, 7) is 1.89. The molecule has 1 aliphatic heterocycles. The molecular weight excluding hydrogens is 271 g/mol. The topological polar surface area (TPSA) is 50.4 Å². The van der Waals surface area contributed by atoms with Crippen LogP contribution in [0, 0.1) is 11.7 Å². The Kier molecular flexibility index (Phi) is 4.51. The number of halogens is 1. The molecule has 1 saturated heterocycles. The molecule has 4 nitrogen and oxygen atoms in total. The summed E-state index contributed by atoms with van der Waals surface area (Å²) in [5.74, 6) is 0.108. The largest absolute Gasteiger partial charge is 0.366 e. The predicted octanol–water partition coefficient (Wildman–Crippen LogP) is 1.77. The molecule has 0 radical (unpaired) electrons. The maximum Gasteiger partial charge on any atom is 0.250 e. The van der Waals surface area contributed by atoms with Gasteiger partial charge in [-0.2, -0.15) is 0 Å². The fraction of sp³-hybridized carbons (Fsp3) is 0.562. The third kappa shape index (κ3) is 3.41. The SMILES string of the molecule is O=C(NC(c1ccc(F)cc1)C1CCC1)C1CNCCO1. The minimum absolute atomic E-state index is 0.0441. The molecule has 1 aromatic carbocycles. The average Bonchev–Trinajstić information content (AvgIpc) is 2.46. The van der Waals surface area contributed by atoms with E-state index in [9.17, 15) is 9.18 Å². The van der Waals surface area contributed by atoms with Crippen molar-refractivity contribution in [2.75, 3.05) is 19.7 Å². The molecular formula is C16H21FN2O2. The number of rotatable bonds is 4. The maximum atomic E-state index is 13.1. The smallest absolute Gasteiger partial charge is 0.250 e. The Hall–Kier alpha value is -1.46. The number of carbonyl (C=O) groups excluding carboxylic acids is 1. The number of benzene rings is 1. The van der Waals surface area contributed by atoms with Crippen molar-refractivity contribution >= 4 is 5.91 Å². The number of amides is 1. The second-order valence-electron chi connectivity index (χ2n) is 5.79. The van der Waals surface area contributed by atoms with Gasteiger partial charge in [0.15, 0.2) is 0 Å². The van der Waals surface area contributed by atoms with Crippen LogP contribution in [0.15, 0.2) is 24.3 Å². The molecule has 2 atom stereocenters. The monoisotopic (exact) mass is 292 g/mol. The fourth-order valence-electron chi connectivity index (χ4n) is 2.90. The molecule has 1 aromatic rings. The highest BCUT2D eigenvalue weighted by Gasteiger charge is 2.32. The first-order chi connectivity index (χ1) is 10.2. The van der Waals surface area contributed by atoms with E-state index < -0.39 is 6.10 Å². The number of nitrogens with one attached hydrogen (secondary N) is 2. The van der Waals surface area contributed by atoms with Crippen LogP contribution in [0.1, 0.15) is 30.9 Å². The maximum absolute atomic E-state index is 13.1. The summed E-state index contributed by atoms with van der Waals surface area (Å²) in [5.41, 5.74) is 0.971. The van der Waals surface area contributed by atoms with E-state index in [1.54, 1.807) is 12.1 Å². The normalized spacial score (nSPS) is 24.1. The van der Waals surface area contributed by atoms with Gasteiger partial charge >= 0.3 is 0 Å². The number of hydrogen-bond acceptors (Lipinski definition) is 3. The Morgan fingerprint density at radius 1 is 1.33 bits per heavy atom. The zero-order valence-corrected chi connectivity index (χ0v) is 12.0. The van der Waals surface area contributed by atoms with Gasteiger partial charge in [0, 0.05) is 13.1 Å². The molecule has 114 valence electrons. The summed E-state index contributed by atoms with van der Waals surface area (Å²) in [6, 6.07) is 6.38. The van der Waals surface area contributed by atoms with Gasteiger partial charge in [0.2, 0.25) is 0 Å². The van der Waals surface area contributed by atoms with Crippen LogP contribution >= 0.6 is 0 Å². The Balaban J connectivity index is 1.70. The minimum Gasteiger partial charge on any atom is -0.366 e. The molecule has 2 fully saturated rings. The van der Waals surface area contributed by atoms with Crippen molar-refractivity contribution in [3.63, 3.8) is 0 Å². The molecule has 1 saturated carbocycles. The minimum atomic E-state index is -0.429. The zero-order chi connectivity index (χ0) is 14.7. The highest BCUT2D eigenvalue weighted by atomic mass is 19.1. The van der Waals surface area contributed by atoms with Crippen molar-refractivity contribution in [2.45, 2.75) is 31.4 Å². The molecule has 2 unspecified atom stereocenters. The lowest BCUT2D eigenvalue weighted by Gasteiger charge is -2.36. The first-order valence-corrected chi connectivity index (χ1v) is 7.62. The van der Waals surface area contributed by atoms with E-state index in [1.165, 1.54) is 18.6 Å². The fourth-order valence-corrected chi connectivity index (χ4v) is 2.90. The number of ether oxygens (including phenoxy) is 1. The number of morpholine rings is 1. The van der Waals surface area contributed by atoms with Crippen LogP contribution in [-0.4, -0.2) is 31.7 Å². The van der Waals surface area contributed by atoms with E-state index >= 15 is 0 Å². The molecule has 0 spiro atoms. The average molecular weight is 292 g/mol. The molecule has 0 aromatic heterocycles. The Morgan fingerprint density at radius 3 is 2.67 bits per heavy atom. The van der Waals surface area contributed by atoms with Gasteiger partial charge in [0.1, 0.15) is 11.9 Å². The van der Waals surface area contributed by atoms with Crippen LogP contribution in [0.5, 0.6) is 0 Å². The van der Waals surface area contributed by atoms with Crippen LogP contribution in [0.25, 0.3) is 0 Å². The Labute approximate surface area is 124 Å². The van der Waals surface area contributed by atoms with Crippen LogP contribution < -0.4 is 10.6 Å². The summed E-state index contributed by atoms with van der Waals surface area (Å²) in [4.78, 5) is 12.3. The van der Waals surface area contributed by atoms with E-state index in [4.69, 9.17) is 4.74 Å². The number of hydrogen-bond donors (Lipinski definition) is 2. The van der Waals surface area contributed by atoms with Gasteiger partial charge in [0.05, 0.1) is 12.6 Å². The van der Waals surface area contributed by atoms with E-state index in [-0.39, 0.29) is 17.8 Å². The van der Waals surface area contributed by atoms with Gasteiger partial charge in [-0.15, -0.1) is 0 Å². The summed E-state index contributed by atoms with van der Waals surface area (Å²) in [6.07, 6.45) is 2.97. The molecule has 2 N–H and O–H groups in total. The molecule has 3 rings (SSSR count). The van der Waals surface area contributed by atoms with Crippen molar-refractivity contribution in [1.82, 2.24) is 10.6 Å². The molecule has 1 aliphatic carbocycles. The lowest BCUT2D eigenvalue weighted by Crippen LogP contribution is -2.49. The first kappa shape index (κ1) is 14.5. The lowest BCUT2D eigenvalue weighted by atomic mass is 9.77. The Bertz CT molecular complexity index is 482. The third-order valence-corrected chi connectivity index (χ3v) is 4.37. The second kappa shape index (κ2) is 6.54. The predicted molar refractivity (Wildman–Crippen MR) is 77.2 cm³/mol. The standard InChI is InChI=1S/C16H21FN2O2/c17-13-6-4-12(5-7-13)15(11-2-1-3-11)19-16(20)14-10-18-8-9-21-14/h4-7,11,14-15,18H,1-3,8-10H2,(H,19,20). The van der Waals surface area contributed by atoms with Gasteiger partial charge in [-0.05, 0) is 36.5 Å². The van der Waals surface area contributed by atoms with Crippen molar-refractivity contribution in [3.8, 4) is 0 Å². The van der Waals surface area contributed by atoms with Gasteiger partial charge in [0.25, 0.3) is 5.91 Å². The highest BCUT2D eigenvalue weighted by molar-refractivity contribution is 5.81. The highest BCUT2D eigenvalue weighted by Crippen LogP contribution is 2.37. The van der Waals surface area contributed by atoms with Crippen molar-refractivity contribution in [2.24, 2.45) is 5.92 Å². The van der Waals surface area contributed by atoms with Crippen molar-refractivity contribution in [3.05, 3.63) is 35.6 Å². The van der Waals surface area contributed by atoms with E-state index in [0.29, 0.717) is 19.1 Å². The molecule has 5 heteroatoms. The summed E-state index contributed by atoms with van der Waals surface area (Å²) >= 11 is 0. The van der Waals surface area contributed by atoms with Crippen LogP contribution in [0.4, 0.5) is 4.39 Å². The molecule has 1 amide bonds. The quantitative estimate of drug-likeness (QED) is 0.889. The van der Waals surface area contributed by atoms with Gasteiger partial charge in [-0.1, -0.05) is 18.6 Å². The van der Waals surface area contributed by atoms with Gasteiger partial charge in [-0.3, -0.25) is 4.79 Å². The summed E-state index contributed by atoms with van der Waals surface area (Å²) in [7, 11) is 0. The van der Waals surface area contributed by atoms with Crippen LogP contribution in [0.2, 0.25) is 0 Å². The molecule has 0 bridgehead atoms. The summed E-state index contributed by atoms with van der Waals surface area (Å²) < 4.78 is 18.6. The van der Waals surface area contributed by atoms with Gasteiger partial charge in [-0.25, -0.2) is 4.39 Å². The van der Waals surface area contributed by atoms with E-state index in [0.717, 1.165) is 24.9 Å². The van der Waals surface area contributed by atoms with Crippen LogP contribution in [-0.2, 0) is 9.53 Å². The van der Waals surface area contributed by atoms with Crippen molar-refractivity contribution in [1.29, 1.82) is 0 Å². The molecule has 21 heavy (non-hydrogen) atoms. The van der Waals surface area contributed by atoms with E-state index in [1.807, 2.05) is 0 Å².